The van der Waals surface area contributed by atoms with E-state index in [4.69, 9.17) is 4.74 Å². The van der Waals surface area contributed by atoms with Crippen LogP contribution in [0.4, 0.5) is 8.78 Å². The van der Waals surface area contributed by atoms with E-state index in [1.165, 1.54) is 0 Å². The zero-order valence-electron chi connectivity index (χ0n) is 13.3. The molecule has 1 aliphatic heterocycles. The van der Waals surface area contributed by atoms with Crippen LogP contribution in [0.3, 0.4) is 0 Å². The lowest BCUT2D eigenvalue weighted by atomic mass is 10.1. The first-order valence-corrected chi connectivity index (χ1v) is 7.52. The van der Waals surface area contributed by atoms with E-state index in [-0.39, 0.29) is 19.0 Å². The number of hydrogen-bond donors (Lipinski definition) is 2. The summed E-state index contributed by atoms with van der Waals surface area (Å²) in [7, 11) is 0. The Kier molecular flexibility index (Phi) is 7.22. The number of carbonyl (C=O) groups excluding carboxylic acids is 1. The second-order valence-electron chi connectivity index (χ2n) is 5.67. The highest BCUT2D eigenvalue weighted by Crippen LogP contribution is 2.25. The SMILES string of the molecule is CCCOc1cc(C)ccc1CNC(=O)C1CC(F)(F)CN1.Cl. The Morgan fingerprint density at radius 2 is 2.22 bits per heavy atom. The molecule has 0 spiro atoms. The number of alkyl halides is 2. The minimum absolute atomic E-state index is 0. The van der Waals surface area contributed by atoms with Crippen LogP contribution >= 0.6 is 12.4 Å². The van der Waals surface area contributed by atoms with Gasteiger partial charge >= 0.3 is 0 Å². The third-order valence-corrected chi connectivity index (χ3v) is 3.56. The number of amides is 1. The Morgan fingerprint density at radius 1 is 1.48 bits per heavy atom. The molecule has 1 amide bonds. The lowest BCUT2D eigenvalue weighted by Crippen LogP contribution is -2.40. The Morgan fingerprint density at radius 3 is 2.83 bits per heavy atom. The van der Waals surface area contributed by atoms with Gasteiger partial charge in [-0.05, 0) is 25.0 Å². The van der Waals surface area contributed by atoms with Crippen LogP contribution in [0.1, 0.15) is 30.9 Å². The molecule has 1 aromatic carbocycles. The summed E-state index contributed by atoms with van der Waals surface area (Å²) >= 11 is 0. The highest BCUT2D eigenvalue weighted by Gasteiger charge is 2.42. The average Bonchev–Trinajstić information content (AvgIpc) is 2.84. The maximum absolute atomic E-state index is 13.1. The molecule has 0 bridgehead atoms. The third-order valence-electron chi connectivity index (χ3n) is 3.56. The monoisotopic (exact) mass is 348 g/mol. The first-order chi connectivity index (χ1) is 10.4. The van der Waals surface area contributed by atoms with Gasteiger partial charge in [0.15, 0.2) is 0 Å². The Hall–Kier alpha value is -1.40. The van der Waals surface area contributed by atoms with Gasteiger partial charge in [0.1, 0.15) is 5.75 Å². The fraction of sp³-hybridized carbons (Fsp3) is 0.562. The number of rotatable bonds is 6. The number of ether oxygens (including phenoxy) is 1. The van der Waals surface area contributed by atoms with Crippen molar-refractivity contribution < 1.29 is 18.3 Å². The summed E-state index contributed by atoms with van der Waals surface area (Å²) in [5.74, 6) is -2.48. The molecule has 0 aromatic heterocycles. The fourth-order valence-electron chi connectivity index (χ4n) is 2.36. The maximum Gasteiger partial charge on any atom is 0.262 e. The normalized spacial score (nSPS) is 19.0. The average molecular weight is 349 g/mol. The van der Waals surface area contributed by atoms with Crippen molar-refractivity contribution in [2.75, 3.05) is 13.2 Å². The molecule has 0 saturated carbocycles. The van der Waals surface area contributed by atoms with Crippen molar-refractivity contribution in [3.05, 3.63) is 29.3 Å². The van der Waals surface area contributed by atoms with E-state index < -0.39 is 30.8 Å². The molecule has 2 rings (SSSR count). The molecule has 7 heteroatoms. The van der Waals surface area contributed by atoms with Crippen molar-refractivity contribution >= 4 is 18.3 Å². The maximum atomic E-state index is 13.1. The quantitative estimate of drug-likeness (QED) is 0.831. The van der Waals surface area contributed by atoms with Gasteiger partial charge in [0.25, 0.3) is 5.92 Å². The fourth-order valence-corrected chi connectivity index (χ4v) is 2.36. The highest BCUT2D eigenvalue weighted by atomic mass is 35.5. The van der Waals surface area contributed by atoms with Crippen LogP contribution in [-0.2, 0) is 11.3 Å². The van der Waals surface area contributed by atoms with E-state index in [2.05, 4.69) is 10.6 Å². The first kappa shape index (κ1) is 19.6. The summed E-state index contributed by atoms with van der Waals surface area (Å²) in [5, 5.41) is 5.25. The molecule has 1 aliphatic rings. The van der Waals surface area contributed by atoms with E-state index in [0.717, 1.165) is 23.3 Å². The number of aryl methyl sites for hydroxylation is 1. The molecular weight excluding hydrogens is 326 g/mol. The van der Waals surface area contributed by atoms with E-state index in [1.807, 2.05) is 32.0 Å². The number of carbonyl (C=O) groups is 1. The molecule has 0 aliphatic carbocycles. The second kappa shape index (κ2) is 8.45. The number of nitrogens with one attached hydrogen (secondary N) is 2. The molecule has 1 atom stereocenters. The van der Waals surface area contributed by atoms with E-state index in [9.17, 15) is 13.6 Å². The minimum atomic E-state index is -2.80. The van der Waals surface area contributed by atoms with Crippen LogP contribution in [0, 0.1) is 6.92 Å². The smallest absolute Gasteiger partial charge is 0.262 e. The van der Waals surface area contributed by atoms with Crippen LogP contribution in [-0.4, -0.2) is 31.0 Å². The van der Waals surface area contributed by atoms with Crippen LogP contribution in [0.2, 0.25) is 0 Å². The predicted molar refractivity (Wildman–Crippen MR) is 87.4 cm³/mol. The van der Waals surface area contributed by atoms with E-state index in [0.29, 0.717) is 6.61 Å². The molecule has 4 nitrogen and oxygen atoms in total. The van der Waals surface area contributed by atoms with Crippen LogP contribution in [0.5, 0.6) is 5.75 Å². The first-order valence-electron chi connectivity index (χ1n) is 7.52. The standard InChI is InChI=1S/C16H22F2N2O2.ClH/c1-3-6-22-14-7-11(2)4-5-12(14)9-19-15(21)13-8-16(17,18)10-20-13;/h4-5,7,13,20H,3,6,8-10H2,1-2H3,(H,19,21);1H. The van der Waals surface area contributed by atoms with Gasteiger partial charge in [-0.25, -0.2) is 8.78 Å². The lowest BCUT2D eigenvalue weighted by molar-refractivity contribution is -0.123. The number of halogens is 3. The van der Waals surface area contributed by atoms with Crippen molar-refractivity contribution in [1.29, 1.82) is 0 Å². The van der Waals surface area contributed by atoms with E-state index >= 15 is 0 Å². The molecule has 130 valence electrons. The molecule has 1 saturated heterocycles. The summed E-state index contributed by atoms with van der Waals surface area (Å²) in [6.07, 6.45) is 0.437. The van der Waals surface area contributed by atoms with Gasteiger partial charge in [0, 0.05) is 18.5 Å². The van der Waals surface area contributed by atoms with Gasteiger partial charge in [-0.1, -0.05) is 19.1 Å². The molecular formula is C16H23ClF2N2O2. The van der Waals surface area contributed by atoms with Crippen LogP contribution < -0.4 is 15.4 Å². The zero-order chi connectivity index (χ0) is 16.2. The third kappa shape index (κ3) is 5.62. The number of benzene rings is 1. The summed E-state index contributed by atoms with van der Waals surface area (Å²) in [6.45, 7) is 4.40. The molecule has 1 fully saturated rings. The Balaban J connectivity index is 0.00000264. The molecule has 1 aromatic rings. The molecule has 2 N–H and O–H groups in total. The lowest BCUT2D eigenvalue weighted by Gasteiger charge is -2.15. The molecule has 0 radical (unpaired) electrons. The van der Waals surface area contributed by atoms with Gasteiger partial charge < -0.3 is 10.1 Å². The largest absolute Gasteiger partial charge is 0.493 e. The van der Waals surface area contributed by atoms with Gasteiger partial charge in [0.05, 0.1) is 19.2 Å². The van der Waals surface area contributed by atoms with Crippen LogP contribution in [0.25, 0.3) is 0 Å². The topological polar surface area (TPSA) is 50.4 Å². The Labute approximate surface area is 141 Å². The summed E-state index contributed by atoms with van der Waals surface area (Å²) in [6, 6.07) is 4.90. The predicted octanol–water partition coefficient (Wildman–Crippen LogP) is 2.82. The van der Waals surface area contributed by atoms with Gasteiger partial charge in [-0.2, -0.15) is 0 Å². The summed E-state index contributed by atoms with van der Waals surface area (Å²) < 4.78 is 31.9. The van der Waals surface area contributed by atoms with Crippen molar-refractivity contribution in [2.45, 2.75) is 45.2 Å². The molecule has 1 heterocycles. The molecule has 1 unspecified atom stereocenters. The van der Waals surface area contributed by atoms with E-state index in [1.54, 1.807) is 0 Å². The van der Waals surface area contributed by atoms with Gasteiger partial charge in [-0.15, -0.1) is 12.4 Å². The minimum Gasteiger partial charge on any atom is -0.493 e. The van der Waals surface area contributed by atoms with Crippen LogP contribution in [0.15, 0.2) is 18.2 Å². The second-order valence-corrected chi connectivity index (χ2v) is 5.67. The zero-order valence-corrected chi connectivity index (χ0v) is 14.1. The Bertz CT molecular complexity index is 541. The molecule has 23 heavy (non-hydrogen) atoms. The summed E-state index contributed by atoms with van der Waals surface area (Å²) in [4.78, 5) is 12.0. The van der Waals surface area contributed by atoms with Gasteiger partial charge in [-0.3, -0.25) is 10.1 Å². The van der Waals surface area contributed by atoms with Crippen molar-refractivity contribution in [3.63, 3.8) is 0 Å². The van der Waals surface area contributed by atoms with Crippen molar-refractivity contribution in [2.24, 2.45) is 0 Å². The van der Waals surface area contributed by atoms with Gasteiger partial charge in [0.2, 0.25) is 5.91 Å². The number of hydrogen-bond acceptors (Lipinski definition) is 3. The summed E-state index contributed by atoms with van der Waals surface area (Å²) in [5.41, 5.74) is 1.91. The highest BCUT2D eigenvalue weighted by molar-refractivity contribution is 5.85. The van der Waals surface area contributed by atoms with Crippen molar-refractivity contribution in [1.82, 2.24) is 10.6 Å². The van der Waals surface area contributed by atoms with Crippen molar-refractivity contribution in [3.8, 4) is 5.75 Å².